The predicted molar refractivity (Wildman–Crippen MR) is 158 cm³/mol. The Bertz CT molecular complexity index is 1280. The van der Waals surface area contributed by atoms with Crippen LogP contribution in [0.1, 0.15) is 98.8 Å². The summed E-state index contributed by atoms with van der Waals surface area (Å²) in [5.74, 6) is 0.640. The number of fused-ring (bicyclic) bond motifs is 1. The summed E-state index contributed by atoms with van der Waals surface area (Å²) < 4.78 is 0. The zero-order valence-electron chi connectivity index (χ0n) is 25.3. The van der Waals surface area contributed by atoms with Crippen molar-refractivity contribution in [2.75, 3.05) is 0 Å². The van der Waals surface area contributed by atoms with Gasteiger partial charge in [-0.2, -0.15) is 0 Å². The van der Waals surface area contributed by atoms with E-state index in [4.69, 9.17) is 4.98 Å². The van der Waals surface area contributed by atoms with E-state index >= 15 is 0 Å². The fourth-order valence-corrected chi connectivity index (χ4v) is 3.50. The summed E-state index contributed by atoms with van der Waals surface area (Å²) in [6.07, 6.45) is 1.33. The zero-order valence-corrected chi connectivity index (χ0v) is 27.7. The predicted octanol–water partition coefficient (Wildman–Crippen LogP) is 9.52. The molecule has 0 fully saturated rings. The van der Waals surface area contributed by atoms with Gasteiger partial charge in [-0.15, -0.1) is 34.9 Å². The van der Waals surface area contributed by atoms with Gasteiger partial charge in [0, 0.05) is 37.0 Å². The second-order valence-corrected chi connectivity index (χ2v) is 13.4. The van der Waals surface area contributed by atoms with Gasteiger partial charge in [0.1, 0.15) is 5.76 Å². The minimum atomic E-state index is -0.417. The van der Waals surface area contributed by atoms with Gasteiger partial charge in [0.15, 0.2) is 5.78 Å². The molecule has 0 unspecified atom stereocenters. The standard InChI is InChI=1S/C23H26N.C11H20O2.Ir/c1-15(2)17-7-9-21-18(13-17)8-10-22(24-21)19-11-16(3)12-20(14-19)23(4,5)6;1-10(2,3)8(12)7-9(13)11(4,5)6;/h7-10,12-15H,1-6H3;7,12H,1-6H3;/q-1;;/b;8-7-;. The van der Waals surface area contributed by atoms with Crippen LogP contribution in [0.25, 0.3) is 22.2 Å². The van der Waals surface area contributed by atoms with E-state index in [-0.39, 0.29) is 42.5 Å². The first-order valence-electron chi connectivity index (χ1n) is 13.2. The Morgan fingerprint density at radius 2 is 1.50 bits per heavy atom. The fraction of sp³-hybridized carbons (Fsp3) is 0.471. The molecule has 1 radical (unpaired) electrons. The number of benzene rings is 2. The van der Waals surface area contributed by atoms with Gasteiger partial charge in [-0.1, -0.05) is 101 Å². The summed E-state index contributed by atoms with van der Waals surface area (Å²) >= 11 is 0. The molecule has 0 amide bonds. The molecule has 209 valence electrons. The molecule has 0 spiro atoms. The molecule has 3 nitrogen and oxygen atoms in total. The van der Waals surface area contributed by atoms with Crippen molar-refractivity contribution in [2.45, 2.75) is 94.4 Å². The Labute approximate surface area is 244 Å². The zero-order chi connectivity index (χ0) is 28.3. The van der Waals surface area contributed by atoms with Gasteiger partial charge in [0.05, 0.1) is 5.52 Å². The molecule has 0 aliphatic carbocycles. The summed E-state index contributed by atoms with van der Waals surface area (Å²) in [5, 5.41) is 10.8. The summed E-state index contributed by atoms with van der Waals surface area (Å²) in [7, 11) is 0. The summed E-state index contributed by atoms with van der Waals surface area (Å²) in [6, 6.07) is 18.8. The van der Waals surface area contributed by atoms with Crippen molar-refractivity contribution in [3.63, 3.8) is 0 Å². The van der Waals surface area contributed by atoms with E-state index < -0.39 is 5.41 Å². The molecule has 38 heavy (non-hydrogen) atoms. The Hall–Kier alpha value is -2.29. The van der Waals surface area contributed by atoms with Crippen LogP contribution in [-0.2, 0) is 30.3 Å². The van der Waals surface area contributed by atoms with E-state index in [0.29, 0.717) is 5.92 Å². The molecule has 0 saturated carbocycles. The third-order valence-corrected chi connectivity index (χ3v) is 6.30. The Morgan fingerprint density at radius 1 is 0.895 bits per heavy atom. The molecular weight excluding hydrogens is 647 g/mol. The van der Waals surface area contributed by atoms with Crippen molar-refractivity contribution in [1.82, 2.24) is 4.98 Å². The largest absolute Gasteiger partial charge is 0.512 e. The van der Waals surface area contributed by atoms with Crippen molar-refractivity contribution in [3.05, 3.63) is 77.1 Å². The minimum Gasteiger partial charge on any atom is -0.512 e. The molecule has 2 aromatic carbocycles. The van der Waals surface area contributed by atoms with E-state index in [1.807, 2.05) is 41.5 Å². The summed E-state index contributed by atoms with van der Waals surface area (Å²) in [4.78, 5) is 16.4. The van der Waals surface area contributed by atoms with Crippen LogP contribution in [0, 0.1) is 23.8 Å². The Morgan fingerprint density at radius 3 is 2.00 bits per heavy atom. The van der Waals surface area contributed by atoms with Gasteiger partial charge in [-0.25, -0.2) is 0 Å². The molecule has 3 rings (SSSR count). The third-order valence-electron chi connectivity index (χ3n) is 6.30. The van der Waals surface area contributed by atoms with E-state index in [1.54, 1.807) is 0 Å². The van der Waals surface area contributed by atoms with Crippen molar-refractivity contribution < 1.29 is 30.0 Å². The Balaban J connectivity index is 0.000000444. The number of carbonyl (C=O) groups excluding carboxylic acids is 1. The van der Waals surface area contributed by atoms with E-state index in [9.17, 15) is 9.90 Å². The van der Waals surface area contributed by atoms with Crippen LogP contribution in [0.3, 0.4) is 0 Å². The monoisotopic (exact) mass is 693 g/mol. The van der Waals surface area contributed by atoms with Gasteiger partial charge in [-0.3, -0.25) is 9.78 Å². The van der Waals surface area contributed by atoms with E-state index in [2.05, 4.69) is 90.1 Å². The number of aromatic nitrogens is 1. The van der Waals surface area contributed by atoms with Crippen LogP contribution in [0.2, 0.25) is 0 Å². The number of nitrogens with zero attached hydrogens (tertiary/aromatic N) is 1. The number of ketones is 1. The normalized spacial score (nSPS) is 12.6. The number of hydrogen-bond acceptors (Lipinski definition) is 3. The van der Waals surface area contributed by atoms with Crippen molar-refractivity contribution in [3.8, 4) is 11.3 Å². The summed E-state index contributed by atoms with van der Waals surface area (Å²) in [6.45, 7) is 24.4. The van der Waals surface area contributed by atoms with Gasteiger partial charge in [-0.05, 0) is 40.1 Å². The number of pyridine rings is 1. The van der Waals surface area contributed by atoms with Crippen LogP contribution in [0.5, 0.6) is 0 Å². The molecular formula is C34H46IrNO2-. The van der Waals surface area contributed by atoms with Crippen LogP contribution >= 0.6 is 0 Å². The molecule has 1 heterocycles. The smallest absolute Gasteiger partial charge is 0.164 e. The molecule has 0 aliphatic rings. The number of aliphatic hydroxyl groups excluding tert-OH is 1. The maximum Gasteiger partial charge on any atom is 0.164 e. The first kappa shape index (κ1) is 33.7. The van der Waals surface area contributed by atoms with Gasteiger partial charge in [0.25, 0.3) is 0 Å². The van der Waals surface area contributed by atoms with Crippen LogP contribution in [0.15, 0.2) is 54.3 Å². The fourth-order valence-electron chi connectivity index (χ4n) is 3.50. The maximum atomic E-state index is 11.5. The van der Waals surface area contributed by atoms with Crippen LogP contribution in [0.4, 0.5) is 0 Å². The number of aliphatic hydroxyl groups is 1. The SMILES string of the molecule is CC(C)(C)C(=O)/C=C(\O)C(C)(C)C.Cc1[c-]c(-c2ccc3cc(C(C)C)ccc3n2)cc(C(C)(C)C)c1.[Ir]. The number of aryl methyl sites for hydroxylation is 1. The molecule has 1 N–H and O–H groups in total. The first-order chi connectivity index (χ1) is 16.8. The molecule has 1 aromatic heterocycles. The average Bonchev–Trinajstić information content (AvgIpc) is 2.76. The summed E-state index contributed by atoms with van der Waals surface area (Å²) in [5.41, 5.74) is 6.32. The molecule has 0 atom stereocenters. The first-order valence-corrected chi connectivity index (χ1v) is 13.2. The van der Waals surface area contributed by atoms with Crippen LogP contribution < -0.4 is 0 Å². The van der Waals surface area contributed by atoms with E-state index in [0.717, 1.165) is 22.3 Å². The molecule has 0 saturated heterocycles. The topological polar surface area (TPSA) is 50.2 Å². The number of carbonyl (C=O) groups is 1. The van der Waals surface area contributed by atoms with Crippen molar-refractivity contribution >= 4 is 16.7 Å². The van der Waals surface area contributed by atoms with Crippen molar-refractivity contribution in [1.29, 1.82) is 0 Å². The number of rotatable bonds is 3. The van der Waals surface area contributed by atoms with E-state index in [1.165, 1.54) is 22.6 Å². The molecule has 4 heteroatoms. The minimum absolute atomic E-state index is 0. The quantitative estimate of drug-likeness (QED) is 0.169. The van der Waals surface area contributed by atoms with Crippen molar-refractivity contribution in [2.24, 2.45) is 10.8 Å². The Kier molecular flexibility index (Phi) is 11.3. The average molecular weight is 693 g/mol. The second kappa shape index (κ2) is 12.7. The molecule has 0 bridgehead atoms. The van der Waals surface area contributed by atoms with Gasteiger partial charge < -0.3 is 5.11 Å². The molecule has 3 aromatic rings. The molecule has 0 aliphatic heterocycles. The second-order valence-electron chi connectivity index (χ2n) is 13.4. The van der Waals surface area contributed by atoms with Gasteiger partial charge in [0.2, 0.25) is 0 Å². The number of allylic oxidation sites excluding steroid dienone is 2. The number of hydrogen-bond donors (Lipinski definition) is 1. The van der Waals surface area contributed by atoms with Gasteiger partial charge >= 0.3 is 0 Å². The van der Waals surface area contributed by atoms with Crippen LogP contribution in [-0.4, -0.2) is 15.9 Å². The third kappa shape index (κ3) is 9.47. The maximum absolute atomic E-state index is 11.5.